The van der Waals surface area contributed by atoms with E-state index in [2.05, 4.69) is 0 Å². The van der Waals surface area contributed by atoms with Crippen molar-refractivity contribution < 1.29 is 28.2 Å². The summed E-state index contributed by atoms with van der Waals surface area (Å²) in [7, 11) is 5.05. The molecule has 1 aromatic heterocycles. The first kappa shape index (κ1) is 19.6. The zero-order valence-electron chi connectivity index (χ0n) is 15.8. The molecule has 28 heavy (non-hydrogen) atoms. The Balaban J connectivity index is 2.17. The highest BCUT2D eigenvalue weighted by molar-refractivity contribution is 6.46. The van der Waals surface area contributed by atoms with E-state index in [4.69, 9.17) is 9.15 Å². The summed E-state index contributed by atoms with van der Waals surface area (Å²) in [6.07, 6.45) is 1.42. The van der Waals surface area contributed by atoms with E-state index in [1.807, 2.05) is 19.0 Å². The Labute approximate surface area is 161 Å². The normalized spacial score (nSPS) is 18.9. The van der Waals surface area contributed by atoms with E-state index in [1.54, 1.807) is 12.1 Å². The Morgan fingerprint density at radius 3 is 2.68 bits per heavy atom. The Bertz CT molecular complexity index is 921. The number of hydrogen-bond acceptors (Lipinski definition) is 6. The number of hydrogen-bond donors (Lipinski definition) is 1. The molecular formula is C20H21FN2O5. The van der Waals surface area contributed by atoms with E-state index in [-0.39, 0.29) is 23.4 Å². The smallest absolute Gasteiger partial charge is 0.295 e. The van der Waals surface area contributed by atoms with Gasteiger partial charge in [0.2, 0.25) is 0 Å². The molecule has 1 aromatic carbocycles. The second-order valence-corrected chi connectivity index (χ2v) is 6.66. The van der Waals surface area contributed by atoms with Crippen molar-refractivity contribution in [3.63, 3.8) is 0 Å². The predicted molar refractivity (Wildman–Crippen MR) is 99.2 cm³/mol. The molecule has 0 spiro atoms. The van der Waals surface area contributed by atoms with Gasteiger partial charge < -0.3 is 24.1 Å². The lowest BCUT2D eigenvalue weighted by atomic mass is 9.98. The Kier molecular flexibility index (Phi) is 5.51. The molecule has 8 heteroatoms. The summed E-state index contributed by atoms with van der Waals surface area (Å²) in [6.45, 7) is 0.758. The first-order valence-electron chi connectivity index (χ1n) is 8.65. The largest absolute Gasteiger partial charge is 0.507 e. The van der Waals surface area contributed by atoms with Crippen LogP contribution in [-0.2, 0) is 9.59 Å². The van der Waals surface area contributed by atoms with Gasteiger partial charge in [0.1, 0.15) is 29.1 Å². The lowest BCUT2D eigenvalue weighted by molar-refractivity contribution is -0.140. The maximum Gasteiger partial charge on any atom is 0.295 e. The number of nitrogens with zero attached hydrogens (tertiary/aromatic N) is 2. The quantitative estimate of drug-likeness (QED) is 0.465. The van der Waals surface area contributed by atoms with Crippen LogP contribution in [0.4, 0.5) is 4.39 Å². The summed E-state index contributed by atoms with van der Waals surface area (Å²) in [5, 5.41) is 10.9. The van der Waals surface area contributed by atoms with E-state index in [0.717, 1.165) is 6.07 Å². The lowest BCUT2D eigenvalue weighted by Gasteiger charge is -2.24. The summed E-state index contributed by atoms with van der Waals surface area (Å²) >= 11 is 0. The minimum Gasteiger partial charge on any atom is -0.507 e. The molecule has 2 aromatic rings. The number of carbonyl (C=O) groups excluding carboxylic acids is 2. The molecule has 0 unspecified atom stereocenters. The predicted octanol–water partition coefficient (Wildman–Crippen LogP) is 2.41. The second kappa shape index (κ2) is 7.85. The number of Topliss-reactive ketones (excluding diaryl/α,β-unsaturated/α-hetero) is 1. The molecule has 1 saturated heterocycles. The molecule has 1 amide bonds. The molecule has 0 saturated carbocycles. The van der Waals surface area contributed by atoms with E-state index >= 15 is 0 Å². The number of halogens is 1. The number of aliphatic hydroxyl groups is 1. The van der Waals surface area contributed by atoms with Crippen LogP contribution < -0.4 is 4.74 Å². The van der Waals surface area contributed by atoms with Gasteiger partial charge in [0.15, 0.2) is 0 Å². The highest BCUT2D eigenvalue weighted by Crippen LogP contribution is 2.41. The van der Waals surface area contributed by atoms with Gasteiger partial charge in [0.25, 0.3) is 11.7 Å². The fourth-order valence-electron chi connectivity index (χ4n) is 3.17. The fourth-order valence-corrected chi connectivity index (χ4v) is 3.17. The van der Waals surface area contributed by atoms with Crippen molar-refractivity contribution in [2.75, 3.05) is 34.3 Å². The maximum absolute atomic E-state index is 13.8. The van der Waals surface area contributed by atoms with E-state index in [1.165, 1.54) is 30.4 Å². The van der Waals surface area contributed by atoms with Gasteiger partial charge in [-0.3, -0.25) is 9.59 Å². The number of likely N-dealkylation sites (N-methyl/N-ethyl adjacent to an activating group) is 1. The first-order chi connectivity index (χ1) is 13.3. The highest BCUT2D eigenvalue weighted by atomic mass is 19.1. The van der Waals surface area contributed by atoms with E-state index in [9.17, 15) is 19.1 Å². The second-order valence-electron chi connectivity index (χ2n) is 6.66. The van der Waals surface area contributed by atoms with Crippen molar-refractivity contribution in [2.45, 2.75) is 6.04 Å². The third kappa shape index (κ3) is 3.50. The summed E-state index contributed by atoms with van der Waals surface area (Å²) < 4.78 is 24.4. The fraction of sp³-hybridized carbons (Fsp3) is 0.300. The minimum absolute atomic E-state index is 0.00957. The number of carbonyl (C=O) groups is 2. The van der Waals surface area contributed by atoms with Crippen molar-refractivity contribution in [3.05, 3.63) is 59.3 Å². The van der Waals surface area contributed by atoms with Gasteiger partial charge in [-0.15, -0.1) is 0 Å². The van der Waals surface area contributed by atoms with Gasteiger partial charge in [-0.1, -0.05) is 0 Å². The number of rotatable bonds is 6. The zero-order chi connectivity index (χ0) is 20.4. The van der Waals surface area contributed by atoms with Crippen molar-refractivity contribution in [3.8, 4) is 5.75 Å². The number of ether oxygens (including phenoxy) is 1. The standard InChI is InChI=1S/C20H21FN2O5/c1-22(2)8-9-23-17(15-5-4-10-28-15)16(19(25)20(23)26)18(24)13-11-12(21)6-7-14(13)27-3/h4-7,10-11,17,24H,8-9H2,1-3H3/t17-/m0/s1. The van der Waals surface area contributed by atoms with Crippen LogP contribution in [0.15, 0.2) is 46.6 Å². The lowest BCUT2D eigenvalue weighted by Crippen LogP contribution is -2.35. The minimum atomic E-state index is -0.914. The number of furan rings is 1. The third-order valence-corrected chi connectivity index (χ3v) is 4.56. The van der Waals surface area contributed by atoms with Crippen molar-refractivity contribution in [1.82, 2.24) is 9.80 Å². The van der Waals surface area contributed by atoms with Crippen molar-refractivity contribution in [2.24, 2.45) is 0 Å². The number of methoxy groups -OCH3 is 1. The SMILES string of the molecule is COc1ccc(F)cc1C(O)=C1C(=O)C(=O)N(CCN(C)C)[C@H]1c1ccco1. The van der Waals surface area contributed by atoms with Crippen LogP contribution >= 0.6 is 0 Å². The number of aliphatic hydroxyl groups excluding tert-OH is 1. The molecule has 148 valence electrons. The molecular weight excluding hydrogens is 367 g/mol. The molecule has 1 N–H and O–H groups in total. The van der Waals surface area contributed by atoms with Gasteiger partial charge in [-0.05, 0) is 44.4 Å². The van der Waals surface area contributed by atoms with Crippen LogP contribution in [0.1, 0.15) is 17.4 Å². The first-order valence-corrected chi connectivity index (χ1v) is 8.65. The van der Waals surface area contributed by atoms with Gasteiger partial charge in [-0.25, -0.2) is 4.39 Å². The number of benzene rings is 1. The Morgan fingerprint density at radius 2 is 2.07 bits per heavy atom. The monoisotopic (exact) mass is 388 g/mol. The third-order valence-electron chi connectivity index (χ3n) is 4.56. The summed E-state index contributed by atoms with van der Waals surface area (Å²) in [6, 6.07) is 5.91. The zero-order valence-corrected chi connectivity index (χ0v) is 15.8. The van der Waals surface area contributed by atoms with Crippen LogP contribution in [-0.4, -0.2) is 60.9 Å². The van der Waals surface area contributed by atoms with Gasteiger partial charge in [-0.2, -0.15) is 0 Å². The molecule has 1 atom stereocenters. The number of amides is 1. The van der Waals surface area contributed by atoms with Crippen LogP contribution in [0.25, 0.3) is 5.76 Å². The average molecular weight is 388 g/mol. The van der Waals surface area contributed by atoms with Crippen LogP contribution in [0.5, 0.6) is 5.75 Å². The van der Waals surface area contributed by atoms with E-state index < -0.39 is 29.3 Å². The van der Waals surface area contributed by atoms with E-state index in [0.29, 0.717) is 12.3 Å². The molecule has 1 fully saturated rings. The van der Waals surface area contributed by atoms with Crippen molar-refractivity contribution in [1.29, 1.82) is 0 Å². The Morgan fingerprint density at radius 1 is 1.32 bits per heavy atom. The molecule has 2 heterocycles. The van der Waals surface area contributed by atoms with Crippen LogP contribution in [0.3, 0.4) is 0 Å². The average Bonchev–Trinajstić information content (AvgIpc) is 3.27. The molecule has 0 bridgehead atoms. The molecule has 0 radical (unpaired) electrons. The van der Waals surface area contributed by atoms with Gasteiger partial charge >= 0.3 is 0 Å². The molecule has 7 nitrogen and oxygen atoms in total. The molecule has 1 aliphatic heterocycles. The van der Waals surface area contributed by atoms with Gasteiger partial charge in [0, 0.05) is 13.1 Å². The summed E-state index contributed by atoms with van der Waals surface area (Å²) in [4.78, 5) is 28.6. The van der Waals surface area contributed by atoms with Crippen molar-refractivity contribution >= 4 is 17.4 Å². The van der Waals surface area contributed by atoms with Gasteiger partial charge in [0.05, 0.1) is 24.5 Å². The van der Waals surface area contributed by atoms with Crippen LogP contribution in [0, 0.1) is 5.82 Å². The topological polar surface area (TPSA) is 83.2 Å². The number of ketones is 1. The molecule has 3 rings (SSSR count). The maximum atomic E-state index is 13.8. The molecule has 1 aliphatic rings. The Hall–Kier alpha value is -3.13. The van der Waals surface area contributed by atoms with Crippen LogP contribution in [0.2, 0.25) is 0 Å². The molecule has 0 aliphatic carbocycles. The highest BCUT2D eigenvalue weighted by Gasteiger charge is 2.47. The number of likely N-dealkylation sites (tertiary alicyclic amines) is 1. The summed E-state index contributed by atoms with van der Waals surface area (Å²) in [5.41, 5.74) is -0.174. The summed E-state index contributed by atoms with van der Waals surface area (Å²) in [5.74, 6) is -2.22.